The Morgan fingerprint density at radius 3 is 2.87 bits per heavy atom. The second kappa shape index (κ2) is 6.82. The molecule has 15 heavy (non-hydrogen) atoms. The molecule has 2 N–H and O–H groups in total. The van der Waals surface area contributed by atoms with E-state index in [1.165, 1.54) is 4.88 Å². The SMILES string of the molecule is COc1ccsc1CNCCNC(C)C. The van der Waals surface area contributed by atoms with Crippen LogP contribution in [-0.2, 0) is 6.54 Å². The van der Waals surface area contributed by atoms with E-state index in [-0.39, 0.29) is 0 Å². The third-order valence-electron chi connectivity index (χ3n) is 2.06. The third-order valence-corrected chi connectivity index (χ3v) is 2.97. The summed E-state index contributed by atoms with van der Waals surface area (Å²) in [4.78, 5) is 1.27. The van der Waals surface area contributed by atoms with Gasteiger partial charge in [-0.1, -0.05) is 13.8 Å². The Morgan fingerprint density at radius 2 is 2.20 bits per heavy atom. The molecule has 0 aliphatic rings. The lowest BCUT2D eigenvalue weighted by Gasteiger charge is -2.08. The molecule has 0 saturated carbocycles. The highest BCUT2D eigenvalue weighted by Crippen LogP contribution is 2.23. The van der Waals surface area contributed by atoms with Crippen molar-refractivity contribution in [2.45, 2.75) is 26.4 Å². The van der Waals surface area contributed by atoms with E-state index >= 15 is 0 Å². The van der Waals surface area contributed by atoms with Crippen LogP contribution in [0.5, 0.6) is 5.75 Å². The molecule has 0 spiro atoms. The zero-order valence-electron chi connectivity index (χ0n) is 9.67. The average Bonchev–Trinajstić information content (AvgIpc) is 2.64. The standard InChI is InChI=1S/C11H20N2OS/c1-9(2)13-6-5-12-8-11-10(14-3)4-7-15-11/h4,7,9,12-13H,5-6,8H2,1-3H3. The predicted molar refractivity (Wildman–Crippen MR) is 65.7 cm³/mol. The highest BCUT2D eigenvalue weighted by Gasteiger charge is 2.02. The smallest absolute Gasteiger partial charge is 0.134 e. The van der Waals surface area contributed by atoms with E-state index in [9.17, 15) is 0 Å². The van der Waals surface area contributed by atoms with Crippen LogP contribution < -0.4 is 15.4 Å². The molecule has 0 unspecified atom stereocenters. The van der Waals surface area contributed by atoms with E-state index in [2.05, 4.69) is 29.9 Å². The number of thiophene rings is 1. The van der Waals surface area contributed by atoms with Gasteiger partial charge in [-0.3, -0.25) is 0 Å². The van der Waals surface area contributed by atoms with Gasteiger partial charge in [0.15, 0.2) is 0 Å². The van der Waals surface area contributed by atoms with Gasteiger partial charge < -0.3 is 15.4 Å². The summed E-state index contributed by atoms with van der Waals surface area (Å²) in [5.74, 6) is 0.990. The van der Waals surface area contributed by atoms with Crippen LogP contribution in [-0.4, -0.2) is 26.2 Å². The fourth-order valence-corrected chi connectivity index (χ4v) is 2.10. The van der Waals surface area contributed by atoms with E-state index in [1.54, 1.807) is 18.4 Å². The van der Waals surface area contributed by atoms with Crippen LogP contribution in [0.25, 0.3) is 0 Å². The van der Waals surface area contributed by atoms with Crippen LogP contribution in [0, 0.1) is 0 Å². The third kappa shape index (κ3) is 4.64. The van der Waals surface area contributed by atoms with Crippen molar-refractivity contribution in [1.82, 2.24) is 10.6 Å². The van der Waals surface area contributed by atoms with Gasteiger partial charge in [-0.25, -0.2) is 0 Å². The van der Waals surface area contributed by atoms with Crippen molar-refractivity contribution in [1.29, 1.82) is 0 Å². The first-order valence-corrected chi connectivity index (χ1v) is 6.16. The van der Waals surface area contributed by atoms with Gasteiger partial charge in [0.2, 0.25) is 0 Å². The van der Waals surface area contributed by atoms with Crippen molar-refractivity contribution >= 4 is 11.3 Å². The highest BCUT2D eigenvalue weighted by molar-refractivity contribution is 7.10. The molecule has 0 aromatic carbocycles. The molecular weight excluding hydrogens is 208 g/mol. The first-order chi connectivity index (χ1) is 7.24. The summed E-state index contributed by atoms with van der Waals surface area (Å²) in [5, 5.41) is 8.81. The number of hydrogen-bond donors (Lipinski definition) is 2. The lowest BCUT2D eigenvalue weighted by molar-refractivity contribution is 0.410. The van der Waals surface area contributed by atoms with Gasteiger partial charge in [-0.15, -0.1) is 11.3 Å². The lowest BCUT2D eigenvalue weighted by atomic mass is 10.4. The van der Waals surface area contributed by atoms with Crippen molar-refractivity contribution in [3.8, 4) is 5.75 Å². The van der Waals surface area contributed by atoms with Crippen molar-refractivity contribution in [2.75, 3.05) is 20.2 Å². The number of rotatable bonds is 7. The summed E-state index contributed by atoms with van der Waals surface area (Å²) in [5.41, 5.74) is 0. The molecule has 3 nitrogen and oxygen atoms in total. The summed E-state index contributed by atoms with van der Waals surface area (Å²) < 4.78 is 5.24. The van der Waals surface area contributed by atoms with E-state index in [0.29, 0.717) is 6.04 Å². The maximum atomic E-state index is 5.24. The van der Waals surface area contributed by atoms with Gasteiger partial charge in [0.05, 0.1) is 12.0 Å². The Morgan fingerprint density at radius 1 is 1.40 bits per heavy atom. The molecule has 0 saturated heterocycles. The van der Waals surface area contributed by atoms with E-state index in [1.807, 2.05) is 6.07 Å². The van der Waals surface area contributed by atoms with Crippen molar-refractivity contribution in [3.05, 3.63) is 16.3 Å². The minimum atomic E-state index is 0.558. The second-order valence-corrected chi connectivity index (χ2v) is 4.70. The molecule has 0 aliphatic heterocycles. The highest BCUT2D eigenvalue weighted by atomic mass is 32.1. The quantitative estimate of drug-likeness (QED) is 0.699. The van der Waals surface area contributed by atoms with Crippen LogP contribution in [0.1, 0.15) is 18.7 Å². The zero-order valence-corrected chi connectivity index (χ0v) is 10.5. The molecule has 0 radical (unpaired) electrons. The Labute approximate surface area is 95.8 Å². The van der Waals surface area contributed by atoms with E-state index < -0.39 is 0 Å². The maximum absolute atomic E-state index is 5.24. The molecule has 0 aliphatic carbocycles. The first-order valence-electron chi connectivity index (χ1n) is 5.28. The second-order valence-electron chi connectivity index (χ2n) is 3.70. The molecule has 1 aromatic rings. The van der Waals surface area contributed by atoms with Crippen molar-refractivity contribution in [3.63, 3.8) is 0 Å². The number of hydrogen-bond acceptors (Lipinski definition) is 4. The van der Waals surface area contributed by atoms with Gasteiger partial charge in [-0.05, 0) is 11.4 Å². The monoisotopic (exact) mass is 228 g/mol. The number of ether oxygens (including phenoxy) is 1. The van der Waals surface area contributed by atoms with Crippen LogP contribution in [0.15, 0.2) is 11.4 Å². The lowest BCUT2D eigenvalue weighted by Crippen LogP contribution is -2.31. The van der Waals surface area contributed by atoms with E-state index in [4.69, 9.17) is 4.74 Å². The molecule has 86 valence electrons. The molecule has 0 bridgehead atoms. The molecule has 1 aromatic heterocycles. The van der Waals surface area contributed by atoms with E-state index in [0.717, 1.165) is 25.4 Å². The molecule has 0 amide bonds. The normalized spacial score (nSPS) is 10.9. The van der Waals surface area contributed by atoms with Gasteiger partial charge in [-0.2, -0.15) is 0 Å². The number of nitrogens with one attached hydrogen (secondary N) is 2. The average molecular weight is 228 g/mol. The topological polar surface area (TPSA) is 33.3 Å². The van der Waals surface area contributed by atoms with Gasteiger partial charge in [0.25, 0.3) is 0 Å². The van der Waals surface area contributed by atoms with Crippen molar-refractivity contribution < 1.29 is 4.74 Å². The molecule has 0 atom stereocenters. The molecular formula is C11H20N2OS. The molecule has 1 heterocycles. The summed E-state index contributed by atoms with van der Waals surface area (Å²) in [6, 6.07) is 2.57. The Bertz CT molecular complexity index is 273. The Hall–Kier alpha value is -0.580. The summed E-state index contributed by atoms with van der Waals surface area (Å²) in [7, 11) is 1.71. The van der Waals surface area contributed by atoms with Gasteiger partial charge >= 0.3 is 0 Å². The van der Waals surface area contributed by atoms with Crippen LogP contribution in [0.3, 0.4) is 0 Å². The molecule has 0 fully saturated rings. The van der Waals surface area contributed by atoms with Crippen LogP contribution in [0.2, 0.25) is 0 Å². The molecule has 4 heteroatoms. The fourth-order valence-electron chi connectivity index (χ4n) is 1.29. The maximum Gasteiger partial charge on any atom is 0.134 e. The first kappa shape index (κ1) is 12.5. The zero-order chi connectivity index (χ0) is 11.1. The van der Waals surface area contributed by atoms with Gasteiger partial charge in [0.1, 0.15) is 5.75 Å². The van der Waals surface area contributed by atoms with Crippen LogP contribution in [0.4, 0.5) is 0 Å². The largest absolute Gasteiger partial charge is 0.496 e. The molecule has 1 rings (SSSR count). The Balaban J connectivity index is 2.15. The summed E-state index contributed by atoms with van der Waals surface area (Å²) >= 11 is 1.73. The summed E-state index contributed by atoms with van der Waals surface area (Å²) in [6.45, 7) is 7.19. The Kier molecular flexibility index (Phi) is 5.68. The summed E-state index contributed by atoms with van der Waals surface area (Å²) in [6.07, 6.45) is 0. The minimum Gasteiger partial charge on any atom is -0.496 e. The fraction of sp³-hybridized carbons (Fsp3) is 0.636. The van der Waals surface area contributed by atoms with Crippen molar-refractivity contribution in [2.24, 2.45) is 0 Å². The van der Waals surface area contributed by atoms with Gasteiger partial charge in [0, 0.05) is 25.7 Å². The minimum absolute atomic E-state index is 0.558. The predicted octanol–water partition coefficient (Wildman–Crippen LogP) is 1.84. The number of methoxy groups -OCH3 is 1. The van der Waals surface area contributed by atoms with Crippen LogP contribution >= 0.6 is 11.3 Å².